The summed E-state index contributed by atoms with van der Waals surface area (Å²) in [6.07, 6.45) is 0. The van der Waals surface area contributed by atoms with Crippen molar-refractivity contribution in [2.24, 2.45) is 5.92 Å². The van der Waals surface area contributed by atoms with Crippen molar-refractivity contribution < 1.29 is 14.3 Å². The fraction of sp³-hybridized carbons (Fsp3) is 0.364. The Kier molecular flexibility index (Phi) is 9.28. The van der Waals surface area contributed by atoms with Crippen LogP contribution in [0, 0.1) is 5.92 Å². The van der Waals surface area contributed by atoms with Crippen LogP contribution in [-0.4, -0.2) is 35.9 Å². The number of hydrogen-bond donors (Lipinski definition) is 1. The van der Waals surface area contributed by atoms with Gasteiger partial charge >= 0.3 is 0 Å². The first-order chi connectivity index (χ1) is 14.2. The number of nitrogens with one attached hydrogen (secondary N) is 1. The maximum atomic E-state index is 13.0. The number of rotatable bonds is 9. The van der Waals surface area contributed by atoms with E-state index in [9.17, 15) is 9.59 Å². The molecule has 0 fully saturated rings. The maximum absolute atomic E-state index is 13.0. The second-order valence-corrected chi connectivity index (χ2v) is 8.53. The molecule has 8 heteroatoms. The summed E-state index contributed by atoms with van der Waals surface area (Å²) in [6.45, 7) is 5.98. The summed E-state index contributed by atoms with van der Waals surface area (Å²) in [5, 5.41) is 4.20. The molecule has 2 aromatic carbocycles. The van der Waals surface area contributed by atoms with Gasteiger partial charge < -0.3 is 15.0 Å². The number of benzene rings is 2. The Morgan fingerprint density at radius 2 is 1.67 bits per heavy atom. The number of amides is 2. The third-order valence-electron chi connectivity index (χ3n) is 4.40. The van der Waals surface area contributed by atoms with Crippen molar-refractivity contribution in [1.82, 2.24) is 10.2 Å². The monoisotopic (exact) mass is 470 g/mol. The molecule has 0 radical (unpaired) electrons. The van der Waals surface area contributed by atoms with Crippen LogP contribution < -0.4 is 10.1 Å². The number of nitrogens with zero attached hydrogens (tertiary/aromatic N) is 1. The second kappa shape index (κ2) is 11.4. The van der Waals surface area contributed by atoms with Crippen LogP contribution in [0.25, 0.3) is 0 Å². The summed E-state index contributed by atoms with van der Waals surface area (Å²) in [6, 6.07) is 11.1. The van der Waals surface area contributed by atoms with Gasteiger partial charge in [-0.1, -0.05) is 60.8 Å². The second-order valence-electron chi connectivity index (χ2n) is 7.28. The fourth-order valence-corrected chi connectivity index (χ4v) is 3.37. The highest BCUT2D eigenvalue weighted by atomic mass is 35.5. The molecule has 0 spiro atoms. The fourth-order valence-electron chi connectivity index (χ4n) is 2.67. The number of hydrogen-bond acceptors (Lipinski definition) is 3. The molecule has 162 valence electrons. The summed E-state index contributed by atoms with van der Waals surface area (Å²) in [5.41, 5.74) is 0.570. The van der Waals surface area contributed by atoms with Gasteiger partial charge in [0.25, 0.3) is 5.91 Å². The lowest BCUT2D eigenvalue weighted by molar-refractivity contribution is -0.142. The van der Waals surface area contributed by atoms with Crippen molar-refractivity contribution in [3.63, 3.8) is 0 Å². The van der Waals surface area contributed by atoms with Crippen molar-refractivity contribution in [2.45, 2.75) is 33.4 Å². The Morgan fingerprint density at radius 3 is 2.27 bits per heavy atom. The Balaban J connectivity index is 2.20. The van der Waals surface area contributed by atoms with E-state index < -0.39 is 6.04 Å². The van der Waals surface area contributed by atoms with Gasteiger partial charge in [0, 0.05) is 33.7 Å². The Morgan fingerprint density at radius 1 is 1.03 bits per heavy atom. The third-order valence-corrected chi connectivity index (χ3v) is 5.34. The molecule has 0 aliphatic carbocycles. The van der Waals surface area contributed by atoms with E-state index in [1.54, 1.807) is 49.4 Å². The largest absolute Gasteiger partial charge is 0.484 e. The maximum Gasteiger partial charge on any atom is 0.261 e. The molecule has 0 aliphatic heterocycles. The lowest BCUT2D eigenvalue weighted by Crippen LogP contribution is -2.49. The summed E-state index contributed by atoms with van der Waals surface area (Å²) < 4.78 is 5.58. The van der Waals surface area contributed by atoms with Crippen molar-refractivity contribution in [3.05, 3.63) is 63.1 Å². The van der Waals surface area contributed by atoms with E-state index in [4.69, 9.17) is 39.5 Å². The molecular formula is C22H25Cl3N2O3. The van der Waals surface area contributed by atoms with E-state index in [1.807, 2.05) is 13.8 Å². The molecule has 5 nitrogen and oxygen atoms in total. The lowest BCUT2D eigenvalue weighted by atomic mass is 10.1. The molecule has 1 atom stereocenters. The predicted octanol–water partition coefficient (Wildman–Crippen LogP) is 5.22. The zero-order valence-electron chi connectivity index (χ0n) is 17.1. The standard InChI is InChI=1S/C22H25Cl3N2O3/c1-14(2)11-26-22(29)15(3)27(12-18-19(24)8-5-9-20(18)25)21(28)13-30-17-7-4-6-16(23)10-17/h4-10,14-15H,11-13H2,1-3H3,(H,26,29)/t15-/m1/s1. The molecule has 0 saturated heterocycles. The number of halogens is 3. The first-order valence-electron chi connectivity index (χ1n) is 9.57. The minimum absolute atomic E-state index is 0.0759. The van der Waals surface area contributed by atoms with Crippen LogP contribution >= 0.6 is 34.8 Å². The van der Waals surface area contributed by atoms with Crippen molar-refractivity contribution in [1.29, 1.82) is 0 Å². The highest BCUT2D eigenvalue weighted by Crippen LogP contribution is 2.26. The smallest absolute Gasteiger partial charge is 0.261 e. The van der Waals surface area contributed by atoms with Crippen LogP contribution in [0.4, 0.5) is 0 Å². The Bertz CT molecular complexity index is 869. The zero-order chi connectivity index (χ0) is 22.3. The highest BCUT2D eigenvalue weighted by molar-refractivity contribution is 6.36. The topological polar surface area (TPSA) is 58.6 Å². The quantitative estimate of drug-likeness (QED) is 0.546. The van der Waals surface area contributed by atoms with E-state index in [1.165, 1.54) is 4.90 Å². The molecule has 0 unspecified atom stereocenters. The van der Waals surface area contributed by atoms with Gasteiger partial charge in [-0.25, -0.2) is 0 Å². The van der Waals surface area contributed by atoms with E-state index in [-0.39, 0.29) is 30.9 Å². The minimum atomic E-state index is -0.744. The molecule has 2 amide bonds. The molecule has 2 aromatic rings. The summed E-state index contributed by atoms with van der Waals surface area (Å²) in [4.78, 5) is 27.1. The number of carbonyl (C=O) groups excluding carboxylic acids is 2. The lowest BCUT2D eigenvalue weighted by Gasteiger charge is -2.29. The van der Waals surface area contributed by atoms with E-state index in [0.29, 0.717) is 32.9 Å². The van der Waals surface area contributed by atoms with E-state index in [2.05, 4.69) is 5.32 Å². The van der Waals surface area contributed by atoms with Crippen LogP contribution in [0.3, 0.4) is 0 Å². The van der Waals surface area contributed by atoms with Gasteiger partial charge in [0.15, 0.2) is 6.61 Å². The van der Waals surface area contributed by atoms with Crippen molar-refractivity contribution in [2.75, 3.05) is 13.2 Å². The van der Waals surface area contributed by atoms with Gasteiger partial charge in [-0.15, -0.1) is 0 Å². The molecule has 30 heavy (non-hydrogen) atoms. The van der Waals surface area contributed by atoms with E-state index in [0.717, 1.165) is 0 Å². The zero-order valence-corrected chi connectivity index (χ0v) is 19.4. The summed E-state index contributed by atoms with van der Waals surface area (Å²) in [5.74, 6) is 0.110. The van der Waals surface area contributed by atoms with Crippen LogP contribution in [0.15, 0.2) is 42.5 Å². The van der Waals surface area contributed by atoms with Gasteiger partial charge in [-0.3, -0.25) is 9.59 Å². The predicted molar refractivity (Wildman–Crippen MR) is 121 cm³/mol. The molecule has 0 saturated carbocycles. The van der Waals surface area contributed by atoms with Crippen LogP contribution in [0.2, 0.25) is 15.1 Å². The van der Waals surface area contributed by atoms with Gasteiger partial charge in [-0.2, -0.15) is 0 Å². The Hall–Kier alpha value is -1.95. The molecule has 0 bridgehead atoms. The Labute approximate surface area is 192 Å². The van der Waals surface area contributed by atoms with Gasteiger partial charge in [0.05, 0.1) is 0 Å². The third kappa shape index (κ3) is 7.08. The van der Waals surface area contributed by atoms with Gasteiger partial charge in [-0.05, 0) is 43.2 Å². The van der Waals surface area contributed by atoms with E-state index >= 15 is 0 Å². The van der Waals surface area contributed by atoms with Crippen LogP contribution in [0.1, 0.15) is 26.3 Å². The summed E-state index contributed by atoms with van der Waals surface area (Å²) in [7, 11) is 0. The average Bonchev–Trinajstić information content (AvgIpc) is 2.69. The molecule has 0 aliphatic rings. The van der Waals surface area contributed by atoms with Crippen molar-refractivity contribution in [3.8, 4) is 5.75 Å². The molecular weight excluding hydrogens is 447 g/mol. The van der Waals surface area contributed by atoms with Crippen molar-refractivity contribution >= 4 is 46.6 Å². The first kappa shape index (κ1) is 24.3. The average molecular weight is 472 g/mol. The molecule has 2 rings (SSSR count). The molecule has 0 aromatic heterocycles. The molecule has 1 N–H and O–H groups in total. The summed E-state index contributed by atoms with van der Waals surface area (Å²) >= 11 is 18.5. The highest BCUT2D eigenvalue weighted by Gasteiger charge is 2.27. The van der Waals surface area contributed by atoms with Gasteiger partial charge in [0.1, 0.15) is 11.8 Å². The minimum Gasteiger partial charge on any atom is -0.484 e. The number of carbonyl (C=O) groups is 2. The van der Waals surface area contributed by atoms with Gasteiger partial charge in [0.2, 0.25) is 5.91 Å². The first-order valence-corrected chi connectivity index (χ1v) is 10.7. The number of ether oxygens (including phenoxy) is 1. The van der Waals surface area contributed by atoms with Crippen LogP contribution in [0.5, 0.6) is 5.75 Å². The normalized spacial score (nSPS) is 11.8. The van der Waals surface area contributed by atoms with Crippen LogP contribution in [-0.2, 0) is 16.1 Å². The SMILES string of the molecule is CC(C)CNC(=O)[C@@H](C)N(Cc1c(Cl)cccc1Cl)C(=O)COc1cccc(Cl)c1. The molecule has 0 heterocycles.